The molecule has 0 radical (unpaired) electrons. The molecule has 0 aromatic carbocycles. The average molecular weight is 526 g/mol. The van der Waals surface area contributed by atoms with Crippen LogP contribution in [0.5, 0.6) is 0 Å². The average Bonchev–Trinajstić information content (AvgIpc) is 3.25. The van der Waals surface area contributed by atoms with Gasteiger partial charge in [0, 0.05) is 26.5 Å². The number of H-pyrrole nitrogens is 1. The third-order valence-corrected chi connectivity index (χ3v) is 5.83. The molecule has 0 aliphatic carbocycles. The van der Waals surface area contributed by atoms with Gasteiger partial charge in [-0.3, -0.25) is 23.9 Å². The number of aromatic nitrogens is 5. The Morgan fingerprint density at radius 1 is 1.31 bits per heavy atom. The molecule has 0 bridgehead atoms. The molecule has 4 heterocycles. The van der Waals surface area contributed by atoms with Crippen molar-refractivity contribution in [3.8, 4) is 0 Å². The molecular weight excluding hydrogens is 503 g/mol. The van der Waals surface area contributed by atoms with Crippen molar-refractivity contribution in [1.82, 2.24) is 24.5 Å². The van der Waals surface area contributed by atoms with Gasteiger partial charge in [0.2, 0.25) is 5.95 Å². The maximum Gasteiger partial charge on any atom is 0.470 e. The first kappa shape index (κ1) is 25.8. The van der Waals surface area contributed by atoms with Crippen molar-refractivity contribution < 1.29 is 43.4 Å². The van der Waals surface area contributed by atoms with Crippen molar-refractivity contribution in [2.45, 2.75) is 30.6 Å². The normalized spacial score (nSPS) is 24.6. The molecule has 1 aliphatic heterocycles. The lowest BCUT2D eigenvalue weighted by Crippen LogP contribution is -2.57. The van der Waals surface area contributed by atoms with E-state index in [1.165, 1.54) is 29.4 Å². The lowest BCUT2D eigenvalue weighted by molar-refractivity contribution is -0.246. The summed E-state index contributed by atoms with van der Waals surface area (Å²) in [7, 11) is -1.94. The van der Waals surface area contributed by atoms with Crippen molar-refractivity contribution in [3.05, 3.63) is 46.8 Å². The Bertz CT molecular complexity index is 1340. The molecule has 3 aromatic rings. The second-order valence-corrected chi connectivity index (χ2v) is 9.25. The summed E-state index contributed by atoms with van der Waals surface area (Å²) in [5.74, 6) is -0.643. The molecule has 5 atom stereocenters. The number of hydrogen-bond donors (Lipinski definition) is 5. The van der Waals surface area contributed by atoms with Crippen LogP contribution in [-0.4, -0.2) is 95.6 Å². The number of fused-ring (bicyclic) bond motifs is 1. The van der Waals surface area contributed by atoms with Gasteiger partial charge in [-0.05, 0) is 12.1 Å². The van der Waals surface area contributed by atoms with Crippen molar-refractivity contribution in [3.63, 3.8) is 0 Å². The number of esters is 1. The van der Waals surface area contributed by atoms with E-state index in [4.69, 9.17) is 9.47 Å². The van der Waals surface area contributed by atoms with Gasteiger partial charge in [-0.2, -0.15) is 4.98 Å². The number of phosphoric ester groups is 1. The number of rotatable bonds is 7. The largest absolute Gasteiger partial charge is 0.470 e. The summed E-state index contributed by atoms with van der Waals surface area (Å²) < 4.78 is 28.3. The van der Waals surface area contributed by atoms with Crippen LogP contribution >= 0.6 is 7.82 Å². The van der Waals surface area contributed by atoms with Gasteiger partial charge < -0.3 is 34.4 Å². The Balaban J connectivity index is 1.68. The number of aliphatic hydroxyl groups excluding tert-OH is 2. The molecule has 0 unspecified atom stereocenters. The van der Waals surface area contributed by atoms with Crippen LogP contribution in [0, 0.1) is 0 Å². The summed E-state index contributed by atoms with van der Waals surface area (Å²) in [5, 5.41) is 21.5. The fraction of sp³-hybridized carbons (Fsp3) is 0.421. The van der Waals surface area contributed by atoms with E-state index >= 15 is 0 Å². The Labute approximate surface area is 202 Å². The Morgan fingerprint density at radius 2 is 2.06 bits per heavy atom. The number of imidazole rings is 1. The van der Waals surface area contributed by atoms with Crippen LogP contribution in [0.25, 0.3) is 11.2 Å². The van der Waals surface area contributed by atoms with Crippen LogP contribution in [0.2, 0.25) is 0 Å². The molecule has 0 amide bonds. The van der Waals surface area contributed by atoms with Gasteiger partial charge in [-0.25, -0.2) is 14.3 Å². The van der Waals surface area contributed by atoms with Crippen LogP contribution in [-0.2, 0) is 18.6 Å². The predicted octanol–water partition coefficient (Wildman–Crippen LogP) is -1.47. The van der Waals surface area contributed by atoms with Crippen molar-refractivity contribution >= 4 is 30.9 Å². The maximum absolute atomic E-state index is 12.4. The first-order valence-electron chi connectivity index (χ1n) is 10.4. The molecule has 36 heavy (non-hydrogen) atoms. The maximum atomic E-state index is 12.4. The highest BCUT2D eigenvalue weighted by Gasteiger charge is 2.49. The van der Waals surface area contributed by atoms with Gasteiger partial charge in [0.15, 0.2) is 17.4 Å². The van der Waals surface area contributed by atoms with Crippen molar-refractivity contribution in [2.24, 2.45) is 0 Å². The molecule has 1 aliphatic rings. The van der Waals surface area contributed by atoms with Gasteiger partial charge >= 0.3 is 13.8 Å². The van der Waals surface area contributed by atoms with E-state index < -0.39 is 56.6 Å². The quantitative estimate of drug-likeness (QED) is 0.175. The predicted molar refractivity (Wildman–Crippen MR) is 120 cm³/mol. The summed E-state index contributed by atoms with van der Waals surface area (Å²) in [6.45, 7) is -0.581. The number of aliphatic hydroxyl groups is 2. The number of ether oxygens (including phenoxy) is 2. The first-order chi connectivity index (χ1) is 17.0. The fourth-order valence-corrected chi connectivity index (χ4v) is 4.17. The second-order valence-electron chi connectivity index (χ2n) is 8.06. The zero-order valence-corrected chi connectivity index (χ0v) is 19.8. The second kappa shape index (κ2) is 10.0. The van der Waals surface area contributed by atoms with E-state index in [0.29, 0.717) is 0 Å². The molecule has 16 nitrogen and oxygen atoms in total. The smallest absolute Gasteiger partial charge is 0.459 e. The van der Waals surface area contributed by atoms with E-state index in [1.54, 1.807) is 14.1 Å². The van der Waals surface area contributed by atoms with Crippen LogP contribution in [0.3, 0.4) is 0 Å². The Hall–Kier alpha value is -3.24. The standard InChI is InChI=1S/C19H23N6O10P/c1-24(2)19-22-15-11(16(28)23-19)21-8-25(15)17-13(27)14(35-36(30,31)32)12(26)10(34-17)7-33-18(29)9-4-3-5-20-6-9/h3-6,8,10,12-14,17,26-27H,7H2,1-2H3,(H,22,23,28)(H2,30,31,32)/t10-,12-,13-,14+,17-/m1/s1. The Kier molecular flexibility index (Phi) is 7.19. The number of phosphoric acid groups is 1. The number of aromatic amines is 1. The number of carbonyl (C=O) groups is 1. The highest BCUT2D eigenvalue weighted by atomic mass is 31.2. The number of pyridine rings is 1. The molecule has 5 N–H and O–H groups in total. The highest BCUT2D eigenvalue weighted by molar-refractivity contribution is 7.46. The van der Waals surface area contributed by atoms with Gasteiger partial charge in [0.25, 0.3) is 5.56 Å². The number of carbonyl (C=O) groups excluding carboxylic acids is 1. The van der Waals surface area contributed by atoms with E-state index in [-0.39, 0.29) is 22.7 Å². The lowest BCUT2D eigenvalue weighted by atomic mass is 9.98. The van der Waals surface area contributed by atoms with Gasteiger partial charge in [-0.1, -0.05) is 0 Å². The number of nitrogens with one attached hydrogen (secondary N) is 1. The lowest BCUT2D eigenvalue weighted by Gasteiger charge is -2.42. The zero-order valence-electron chi connectivity index (χ0n) is 18.9. The number of hydrogen-bond acceptors (Lipinski definition) is 12. The molecule has 1 saturated heterocycles. The van der Waals surface area contributed by atoms with E-state index in [2.05, 4.69) is 24.5 Å². The van der Waals surface area contributed by atoms with Gasteiger partial charge in [-0.15, -0.1) is 0 Å². The SMILES string of the molecule is CN(C)c1nc2c(ncn2[C@@H]2O[C@H](COC(=O)c3cccnc3)[C@@H](O)[C@H](OP(=O)(O)O)[C@H]2O)c(=O)[nH]1. The number of nitrogens with zero attached hydrogens (tertiary/aromatic N) is 5. The summed E-state index contributed by atoms with van der Waals surface area (Å²) in [4.78, 5) is 59.5. The highest BCUT2D eigenvalue weighted by Crippen LogP contribution is 2.43. The van der Waals surface area contributed by atoms with E-state index in [1.807, 2.05) is 0 Å². The molecular formula is C19H23N6O10P. The van der Waals surface area contributed by atoms with Gasteiger partial charge in [0.05, 0.1) is 11.9 Å². The third-order valence-electron chi connectivity index (χ3n) is 5.31. The van der Waals surface area contributed by atoms with E-state index in [0.717, 1.165) is 10.9 Å². The van der Waals surface area contributed by atoms with Crippen LogP contribution in [0.15, 0.2) is 35.6 Å². The summed E-state index contributed by atoms with van der Waals surface area (Å²) in [6.07, 6.45) is -4.63. The molecule has 4 rings (SSSR count). The molecule has 0 saturated carbocycles. The van der Waals surface area contributed by atoms with Crippen molar-refractivity contribution in [1.29, 1.82) is 0 Å². The topological polar surface area (TPSA) is 222 Å². The molecule has 194 valence electrons. The molecule has 17 heteroatoms. The fourth-order valence-electron chi connectivity index (χ4n) is 3.60. The molecule has 1 fully saturated rings. The third kappa shape index (κ3) is 5.29. The Morgan fingerprint density at radius 3 is 2.69 bits per heavy atom. The van der Waals surface area contributed by atoms with Crippen LogP contribution in [0.4, 0.5) is 5.95 Å². The first-order valence-corrected chi connectivity index (χ1v) is 12.0. The van der Waals surface area contributed by atoms with Crippen LogP contribution in [0.1, 0.15) is 16.6 Å². The summed E-state index contributed by atoms with van der Waals surface area (Å²) in [5.41, 5.74) is -0.598. The van der Waals surface area contributed by atoms with Crippen molar-refractivity contribution in [2.75, 3.05) is 25.6 Å². The van der Waals surface area contributed by atoms with Gasteiger partial charge in [0.1, 0.15) is 31.0 Å². The van der Waals surface area contributed by atoms with E-state index in [9.17, 15) is 34.2 Å². The number of anilines is 1. The minimum atomic E-state index is -5.20. The summed E-state index contributed by atoms with van der Waals surface area (Å²) >= 11 is 0. The minimum absolute atomic E-state index is 0.0241. The molecule has 3 aromatic heterocycles. The minimum Gasteiger partial charge on any atom is -0.459 e. The van der Waals surface area contributed by atoms with Crippen LogP contribution < -0.4 is 10.5 Å². The monoisotopic (exact) mass is 526 g/mol. The molecule has 0 spiro atoms. The summed E-state index contributed by atoms with van der Waals surface area (Å²) in [6, 6.07) is 2.96. The zero-order chi connectivity index (χ0) is 26.2.